The van der Waals surface area contributed by atoms with Gasteiger partial charge < -0.3 is 9.73 Å². The number of fused-ring (bicyclic) bond motifs is 1. The number of rotatable bonds is 3. The molecule has 3 heteroatoms. The second-order valence-corrected chi connectivity index (χ2v) is 4.29. The maximum Gasteiger partial charge on any atom is 0.134 e. The van der Waals surface area contributed by atoms with Gasteiger partial charge in [0.1, 0.15) is 11.3 Å². The summed E-state index contributed by atoms with van der Waals surface area (Å²) in [5.74, 6) is 0.894. The van der Waals surface area contributed by atoms with Crippen molar-refractivity contribution < 1.29 is 4.42 Å². The molecule has 92 valence electrons. The van der Waals surface area contributed by atoms with Crippen molar-refractivity contribution in [2.45, 2.75) is 6.54 Å². The third-order valence-corrected chi connectivity index (χ3v) is 2.96. The minimum absolute atomic E-state index is 0.626. The van der Waals surface area contributed by atoms with Crippen molar-refractivity contribution >= 4 is 16.7 Å². The Hall–Kier alpha value is -2.73. The molecule has 3 aromatic rings. The Balaban J connectivity index is 1.73. The number of benzene rings is 2. The summed E-state index contributed by atoms with van der Waals surface area (Å²) in [5.41, 5.74) is 2.54. The number of para-hydroxylation sites is 1. The van der Waals surface area contributed by atoms with Crippen LogP contribution in [-0.2, 0) is 6.54 Å². The van der Waals surface area contributed by atoms with Gasteiger partial charge >= 0.3 is 0 Å². The number of anilines is 1. The van der Waals surface area contributed by atoms with Crippen LogP contribution in [0.1, 0.15) is 11.3 Å². The van der Waals surface area contributed by atoms with Gasteiger partial charge in [0, 0.05) is 11.1 Å². The van der Waals surface area contributed by atoms with Crippen LogP contribution in [0.3, 0.4) is 0 Å². The predicted octanol–water partition coefficient (Wildman–Crippen LogP) is 3.92. The van der Waals surface area contributed by atoms with E-state index in [-0.39, 0.29) is 0 Å². The lowest BCUT2D eigenvalue weighted by Gasteiger charge is -2.03. The van der Waals surface area contributed by atoms with Crippen LogP contribution >= 0.6 is 0 Å². The number of hydrogen-bond acceptors (Lipinski definition) is 3. The molecule has 1 aromatic heterocycles. The number of furan rings is 1. The molecule has 0 saturated carbocycles. The van der Waals surface area contributed by atoms with Gasteiger partial charge in [-0.15, -0.1) is 0 Å². The molecule has 1 N–H and O–H groups in total. The maximum atomic E-state index is 8.73. The first kappa shape index (κ1) is 11.4. The third kappa shape index (κ3) is 2.43. The highest BCUT2D eigenvalue weighted by molar-refractivity contribution is 5.77. The summed E-state index contributed by atoms with van der Waals surface area (Å²) in [4.78, 5) is 0. The van der Waals surface area contributed by atoms with Gasteiger partial charge in [-0.1, -0.05) is 18.2 Å². The Bertz CT molecular complexity index is 702. The van der Waals surface area contributed by atoms with Crippen LogP contribution in [0, 0.1) is 11.3 Å². The predicted molar refractivity (Wildman–Crippen MR) is 74.7 cm³/mol. The summed E-state index contributed by atoms with van der Waals surface area (Å²) in [5, 5.41) is 13.1. The lowest BCUT2D eigenvalue weighted by atomic mass is 10.2. The van der Waals surface area contributed by atoms with E-state index in [1.807, 2.05) is 42.5 Å². The van der Waals surface area contributed by atoms with Gasteiger partial charge in [0.15, 0.2) is 0 Å². The summed E-state index contributed by atoms with van der Waals surface area (Å²) in [6.07, 6.45) is 0. The SMILES string of the molecule is N#Cc1ccc(NCc2cc3ccccc3o2)cc1. The van der Waals surface area contributed by atoms with E-state index in [0.717, 1.165) is 22.4 Å². The molecule has 0 saturated heterocycles. The van der Waals surface area contributed by atoms with Crippen molar-refractivity contribution in [2.24, 2.45) is 0 Å². The Morgan fingerprint density at radius 3 is 2.58 bits per heavy atom. The van der Waals surface area contributed by atoms with Crippen LogP contribution in [0.2, 0.25) is 0 Å². The highest BCUT2D eigenvalue weighted by Crippen LogP contribution is 2.19. The molecule has 0 aliphatic carbocycles. The van der Waals surface area contributed by atoms with Crippen LogP contribution in [0.5, 0.6) is 0 Å². The topological polar surface area (TPSA) is 49.0 Å². The Morgan fingerprint density at radius 2 is 1.84 bits per heavy atom. The molecule has 0 bridgehead atoms. The first-order valence-corrected chi connectivity index (χ1v) is 6.07. The molecular formula is C16H12N2O. The molecule has 1 heterocycles. The van der Waals surface area contributed by atoms with E-state index in [4.69, 9.17) is 9.68 Å². The smallest absolute Gasteiger partial charge is 0.134 e. The van der Waals surface area contributed by atoms with E-state index < -0.39 is 0 Å². The fraction of sp³-hybridized carbons (Fsp3) is 0.0625. The van der Waals surface area contributed by atoms with E-state index in [1.54, 1.807) is 12.1 Å². The molecule has 19 heavy (non-hydrogen) atoms. The summed E-state index contributed by atoms with van der Waals surface area (Å²) < 4.78 is 5.72. The van der Waals surface area contributed by atoms with E-state index in [1.165, 1.54) is 0 Å². The quantitative estimate of drug-likeness (QED) is 0.764. The van der Waals surface area contributed by atoms with Crippen molar-refractivity contribution in [3.8, 4) is 6.07 Å². The number of nitriles is 1. The normalized spacial score (nSPS) is 10.3. The first-order chi connectivity index (χ1) is 9.35. The zero-order valence-corrected chi connectivity index (χ0v) is 10.3. The lowest BCUT2D eigenvalue weighted by molar-refractivity contribution is 0.559. The number of nitrogens with one attached hydrogen (secondary N) is 1. The van der Waals surface area contributed by atoms with Crippen LogP contribution < -0.4 is 5.32 Å². The first-order valence-electron chi connectivity index (χ1n) is 6.07. The van der Waals surface area contributed by atoms with Crippen molar-refractivity contribution in [3.05, 3.63) is 65.9 Å². The van der Waals surface area contributed by atoms with E-state index >= 15 is 0 Å². The second kappa shape index (κ2) is 4.87. The standard InChI is InChI=1S/C16H12N2O/c17-10-12-5-7-14(8-6-12)18-11-15-9-13-3-1-2-4-16(13)19-15/h1-9,18H,11H2. The van der Waals surface area contributed by atoms with Crippen molar-refractivity contribution in [3.63, 3.8) is 0 Å². The molecule has 3 nitrogen and oxygen atoms in total. The zero-order valence-electron chi connectivity index (χ0n) is 10.3. The van der Waals surface area contributed by atoms with Gasteiger partial charge in [-0.05, 0) is 36.4 Å². The van der Waals surface area contributed by atoms with Crippen molar-refractivity contribution in [2.75, 3.05) is 5.32 Å². The number of nitrogens with zero attached hydrogens (tertiary/aromatic N) is 1. The molecule has 2 aromatic carbocycles. The summed E-state index contributed by atoms with van der Waals surface area (Å²) >= 11 is 0. The molecule has 0 aliphatic heterocycles. The highest BCUT2D eigenvalue weighted by Gasteiger charge is 2.02. The molecule has 3 rings (SSSR count). The van der Waals surface area contributed by atoms with Gasteiger partial charge in [0.2, 0.25) is 0 Å². The molecule has 0 aliphatic rings. The Labute approximate surface area is 111 Å². The average molecular weight is 248 g/mol. The van der Waals surface area contributed by atoms with Crippen LogP contribution in [0.15, 0.2) is 59.0 Å². The summed E-state index contributed by atoms with van der Waals surface area (Å²) in [7, 11) is 0. The second-order valence-electron chi connectivity index (χ2n) is 4.29. The maximum absolute atomic E-state index is 8.73. The van der Waals surface area contributed by atoms with Crippen LogP contribution in [0.25, 0.3) is 11.0 Å². The van der Waals surface area contributed by atoms with Crippen molar-refractivity contribution in [1.82, 2.24) is 0 Å². The Kier molecular flexibility index (Phi) is 2.91. The largest absolute Gasteiger partial charge is 0.459 e. The van der Waals surface area contributed by atoms with Crippen LogP contribution in [-0.4, -0.2) is 0 Å². The average Bonchev–Trinajstić information content (AvgIpc) is 2.88. The fourth-order valence-corrected chi connectivity index (χ4v) is 1.98. The highest BCUT2D eigenvalue weighted by atomic mass is 16.3. The van der Waals surface area contributed by atoms with Gasteiger partial charge in [-0.25, -0.2) is 0 Å². The van der Waals surface area contributed by atoms with Gasteiger partial charge in [-0.3, -0.25) is 0 Å². The number of hydrogen-bond donors (Lipinski definition) is 1. The molecule has 0 radical (unpaired) electrons. The molecule has 0 atom stereocenters. The van der Waals surface area contributed by atoms with E-state index in [2.05, 4.69) is 11.4 Å². The Morgan fingerprint density at radius 1 is 1.05 bits per heavy atom. The fourth-order valence-electron chi connectivity index (χ4n) is 1.98. The minimum atomic E-state index is 0.626. The van der Waals surface area contributed by atoms with Gasteiger partial charge in [0.05, 0.1) is 18.2 Å². The van der Waals surface area contributed by atoms with Gasteiger partial charge in [-0.2, -0.15) is 5.26 Å². The monoisotopic (exact) mass is 248 g/mol. The lowest BCUT2D eigenvalue weighted by Crippen LogP contribution is -1.97. The zero-order chi connectivity index (χ0) is 13.1. The third-order valence-electron chi connectivity index (χ3n) is 2.96. The minimum Gasteiger partial charge on any atom is -0.459 e. The summed E-state index contributed by atoms with van der Waals surface area (Å²) in [6, 6.07) is 19.4. The molecule has 0 fully saturated rings. The summed E-state index contributed by atoms with van der Waals surface area (Å²) in [6.45, 7) is 0.626. The van der Waals surface area contributed by atoms with E-state index in [0.29, 0.717) is 12.1 Å². The van der Waals surface area contributed by atoms with Crippen molar-refractivity contribution in [1.29, 1.82) is 5.26 Å². The van der Waals surface area contributed by atoms with Gasteiger partial charge in [0.25, 0.3) is 0 Å². The molecule has 0 amide bonds. The molecule has 0 spiro atoms. The van der Waals surface area contributed by atoms with E-state index in [9.17, 15) is 0 Å². The molecular weight excluding hydrogens is 236 g/mol. The molecule has 0 unspecified atom stereocenters. The van der Waals surface area contributed by atoms with Crippen LogP contribution in [0.4, 0.5) is 5.69 Å².